The van der Waals surface area contributed by atoms with Crippen molar-refractivity contribution in [3.63, 3.8) is 0 Å². The molecular weight excluding hydrogens is 258 g/mol. The zero-order valence-corrected chi connectivity index (χ0v) is 10.7. The number of nitrogen functional groups attached to an aromatic ring is 2. The highest BCUT2D eigenvalue weighted by Crippen LogP contribution is 2.36. The first-order valence-corrected chi connectivity index (χ1v) is 6.07. The highest BCUT2D eigenvalue weighted by Gasteiger charge is 2.18. The van der Waals surface area contributed by atoms with Crippen LogP contribution in [0.25, 0.3) is 11.1 Å². The van der Waals surface area contributed by atoms with Crippen molar-refractivity contribution in [3.05, 3.63) is 52.1 Å². The summed E-state index contributed by atoms with van der Waals surface area (Å²) in [5, 5.41) is 20.3. The lowest BCUT2D eigenvalue weighted by atomic mass is 9.94. The van der Waals surface area contributed by atoms with Gasteiger partial charge in [-0.25, -0.2) is 0 Å². The van der Waals surface area contributed by atoms with Crippen molar-refractivity contribution in [2.75, 3.05) is 18.1 Å². The summed E-state index contributed by atoms with van der Waals surface area (Å²) < 4.78 is 0. The molecule has 0 bridgehead atoms. The van der Waals surface area contributed by atoms with E-state index in [1.807, 2.05) is 0 Å². The van der Waals surface area contributed by atoms with Crippen molar-refractivity contribution in [3.8, 4) is 11.1 Å². The molecule has 6 nitrogen and oxygen atoms in total. The number of anilines is 2. The van der Waals surface area contributed by atoms with Crippen LogP contribution in [-0.2, 0) is 6.42 Å². The molecule has 0 unspecified atom stereocenters. The lowest BCUT2D eigenvalue weighted by Crippen LogP contribution is -2.03. The van der Waals surface area contributed by atoms with E-state index in [9.17, 15) is 10.1 Å². The van der Waals surface area contributed by atoms with E-state index in [-0.39, 0.29) is 12.3 Å². The van der Waals surface area contributed by atoms with Gasteiger partial charge in [0.2, 0.25) is 0 Å². The molecule has 5 N–H and O–H groups in total. The third-order valence-electron chi connectivity index (χ3n) is 3.06. The first kappa shape index (κ1) is 13.8. The van der Waals surface area contributed by atoms with E-state index in [4.69, 9.17) is 16.6 Å². The Morgan fingerprint density at radius 3 is 2.50 bits per heavy atom. The molecule has 0 heterocycles. The summed E-state index contributed by atoms with van der Waals surface area (Å²) in [7, 11) is 0. The molecular formula is C14H15N3O3. The summed E-state index contributed by atoms with van der Waals surface area (Å²) in [6.45, 7) is -0.0955. The number of rotatable bonds is 4. The van der Waals surface area contributed by atoms with Gasteiger partial charge in [-0.05, 0) is 35.7 Å². The third-order valence-corrected chi connectivity index (χ3v) is 3.06. The van der Waals surface area contributed by atoms with Crippen molar-refractivity contribution in [1.82, 2.24) is 0 Å². The number of benzene rings is 2. The Labute approximate surface area is 115 Å². The molecule has 0 amide bonds. The van der Waals surface area contributed by atoms with E-state index in [2.05, 4.69) is 0 Å². The maximum Gasteiger partial charge on any atom is 0.277 e. The predicted octanol–water partition coefficient (Wildman–Crippen LogP) is 1.96. The highest BCUT2D eigenvalue weighted by molar-refractivity contribution is 5.82. The molecule has 20 heavy (non-hydrogen) atoms. The Morgan fingerprint density at radius 1 is 1.15 bits per heavy atom. The van der Waals surface area contributed by atoms with Gasteiger partial charge >= 0.3 is 0 Å². The molecule has 0 spiro atoms. The van der Waals surface area contributed by atoms with Crippen LogP contribution in [0.3, 0.4) is 0 Å². The maximum absolute atomic E-state index is 11.1. The van der Waals surface area contributed by atoms with Gasteiger partial charge in [-0.1, -0.05) is 12.1 Å². The Hall–Kier alpha value is -2.60. The van der Waals surface area contributed by atoms with E-state index >= 15 is 0 Å². The van der Waals surface area contributed by atoms with Crippen molar-refractivity contribution in [2.45, 2.75) is 6.42 Å². The van der Waals surface area contributed by atoms with Crippen LogP contribution >= 0.6 is 0 Å². The van der Waals surface area contributed by atoms with Gasteiger partial charge in [-0.3, -0.25) is 10.1 Å². The van der Waals surface area contributed by atoms with Gasteiger partial charge in [0.15, 0.2) is 0 Å². The maximum atomic E-state index is 11.1. The predicted molar refractivity (Wildman–Crippen MR) is 78.1 cm³/mol. The summed E-state index contributed by atoms with van der Waals surface area (Å²) in [4.78, 5) is 10.7. The van der Waals surface area contributed by atoms with Gasteiger partial charge in [-0.2, -0.15) is 0 Å². The Bertz CT molecular complexity index is 656. The fourth-order valence-corrected chi connectivity index (χ4v) is 2.21. The lowest BCUT2D eigenvalue weighted by molar-refractivity contribution is -0.384. The van der Waals surface area contributed by atoms with Crippen LogP contribution < -0.4 is 11.5 Å². The van der Waals surface area contributed by atoms with Gasteiger partial charge < -0.3 is 16.6 Å². The summed E-state index contributed by atoms with van der Waals surface area (Å²) >= 11 is 0. The minimum absolute atomic E-state index is 0.0170. The van der Waals surface area contributed by atoms with Gasteiger partial charge in [-0.15, -0.1) is 0 Å². The topological polar surface area (TPSA) is 115 Å². The van der Waals surface area contributed by atoms with Gasteiger partial charge in [0.1, 0.15) is 0 Å². The second-order valence-corrected chi connectivity index (χ2v) is 4.38. The van der Waals surface area contributed by atoms with Crippen LogP contribution in [0.1, 0.15) is 5.56 Å². The summed E-state index contributed by atoms with van der Waals surface area (Å²) in [6, 6.07) is 9.62. The fraction of sp³-hybridized carbons (Fsp3) is 0.143. The number of nitro groups is 1. The number of nitrogens with two attached hydrogens (primary N) is 2. The molecule has 0 fully saturated rings. The average Bonchev–Trinajstić information content (AvgIpc) is 2.41. The lowest BCUT2D eigenvalue weighted by Gasteiger charge is -2.13. The molecule has 0 aliphatic rings. The summed E-state index contributed by atoms with van der Waals surface area (Å²) in [5.74, 6) is 0. The normalized spacial score (nSPS) is 10.4. The van der Waals surface area contributed by atoms with E-state index in [0.717, 1.165) is 0 Å². The van der Waals surface area contributed by atoms with Crippen LogP contribution in [0.4, 0.5) is 17.1 Å². The van der Waals surface area contributed by atoms with Crippen LogP contribution in [0.15, 0.2) is 36.4 Å². The molecule has 0 aliphatic heterocycles. The number of hydrogen-bond acceptors (Lipinski definition) is 5. The van der Waals surface area contributed by atoms with Gasteiger partial charge in [0.25, 0.3) is 5.69 Å². The number of aliphatic hydroxyl groups is 1. The molecule has 0 saturated carbocycles. The van der Waals surface area contributed by atoms with Crippen molar-refractivity contribution in [2.24, 2.45) is 0 Å². The minimum Gasteiger partial charge on any atom is -0.399 e. The van der Waals surface area contributed by atoms with Crippen molar-refractivity contribution < 1.29 is 10.0 Å². The number of para-hydroxylation sites is 1. The zero-order valence-electron chi connectivity index (χ0n) is 10.7. The average molecular weight is 273 g/mol. The zero-order chi connectivity index (χ0) is 14.7. The second-order valence-electron chi connectivity index (χ2n) is 4.38. The molecule has 2 aromatic rings. The molecule has 0 aliphatic carbocycles. The number of nitrogens with zero attached hydrogens (tertiary/aromatic N) is 1. The van der Waals surface area contributed by atoms with Crippen LogP contribution in [0, 0.1) is 10.1 Å². The fourth-order valence-electron chi connectivity index (χ4n) is 2.21. The largest absolute Gasteiger partial charge is 0.399 e. The Morgan fingerprint density at radius 2 is 1.85 bits per heavy atom. The molecule has 0 radical (unpaired) electrons. The molecule has 2 aromatic carbocycles. The summed E-state index contributed by atoms with van der Waals surface area (Å²) in [5.41, 5.74) is 14.2. The van der Waals surface area contributed by atoms with E-state index in [0.29, 0.717) is 34.5 Å². The third kappa shape index (κ3) is 2.55. The van der Waals surface area contributed by atoms with E-state index in [1.165, 1.54) is 6.07 Å². The van der Waals surface area contributed by atoms with E-state index < -0.39 is 4.92 Å². The van der Waals surface area contributed by atoms with Gasteiger partial charge in [0, 0.05) is 24.0 Å². The van der Waals surface area contributed by atoms with Crippen LogP contribution in [0.2, 0.25) is 0 Å². The first-order valence-electron chi connectivity index (χ1n) is 6.07. The van der Waals surface area contributed by atoms with Crippen molar-refractivity contribution in [1.29, 1.82) is 0 Å². The molecule has 104 valence electrons. The van der Waals surface area contributed by atoms with Gasteiger partial charge in [0.05, 0.1) is 10.5 Å². The number of hydrogen-bond donors (Lipinski definition) is 3. The monoisotopic (exact) mass is 273 g/mol. The van der Waals surface area contributed by atoms with E-state index in [1.54, 1.807) is 30.3 Å². The first-order chi connectivity index (χ1) is 9.54. The molecule has 0 aromatic heterocycles. The van der Waals surface area contributed by atoms with Crippen LogP contribution in [0.5, 0.6) is 0 Å². The highest BCUT2D eigenvalue weighted by atomic mass is 16.6. The van der Waals surface area contributed by atoms with Crippen LogP contribution in [-0.4, -0.2) is 16.6 Å². The second kappa shape index (κ2) is 5.58. The Balaban J connectivity index is 2.72. The SMILES string of the molecule is Nc1cc(N)c(CCO)c(-c2ccccc2[N+](=O)[O-])c1. The smallest absolute Gasteiger partial charge is 0.277 e. The Kier molecular flexibility index (Phi) is 3.86. The standard InChI is InChI=1S/C14H15N3O3/c15-9-7-12(10(5-6-18)13(16)8-9)11-3-1-2-4-14(11)17(19)20/h1-4,7-8,18H,5-6,15-16H2. The molecule has 2 rings (SSSR count). The molecule has 0 saturated heterocycles. The minimum atomic E-state index is -0.447. The van der Waals surface area contributed by atoms with Crippen molar-refractivity contribution >= 4 is 17.1 Å². The quantitative estimate of drug-likeness (QED) is 0.447. The summed E-state index contributed by atoms with van der Waals surface area (Å²) in [6.07, 6.45) is 0.313. The molecule has 6 heteroatoms. The number of aliphatic hydroxyl groups excluding tert-OH is 1. The number of nitro benzene ring substituents is 1. The molecule has 0 atom stereocenters.